The van der Waals surface area contributed by atoms with Gasteiger partial charge in [0.1, 0.15) is 0 Å². The second-order valence-electron chi connectivity index (χ2n) is 6.23. The van der Waals surface area contributed by atoms with Gasteiger partial charge in [0.15, 0.2) is 0 Å². The minimum absolute atomic E-state index is 0.0341. The normalized spacial score (nSPS) is 12.0. The zero-order chi connectivity index (χ0) is 22.4. The zero-order valence-electron chi connectivity index (χ0n) is 16.8. The molecule has 0 aromatic heterocycles. The monoisotopic (exact) mass is 451 g/mol. The number of nitrogens with zero attached hydrogens (tertiary/aromatic N) is 1. The summed E-state index contributed by atoms with van der Waals surface area (Å²) in [7, 11) is -7.24. The van der Waals surface area contributed by atoms with Gasteiger partial charge in [-0.05, 0) is 48.5 Å². The topological polar surface area (TPSA) is 113 Å². The van der Waals surface area contributed by atoms with Crippen LogP contribution >= 0.6 is 0 Å². The lowest BCUT2D eigenvalue weighted by atomic mass is 10.2. The highest BCUT2D eigenvalue weighted by Gasteiger charge is 2.21. The maximum absolute atomic E-state index is 12.5. The molecular formula is C20H25N3O5S2. The largest absolute Gasteiger partial charge is 0.322 e. The van der Waals surface area contributed by atoms with Crippen LogP contribution in [0.5, 0.6) is 0 Å². The van der Waals surface area contributed by atoms with Crippen LogP contribution in [0.2, 0.25) is 0 Å². The van der Waals surface area contributed by atoms with E-state index in [1.165, 1.54) is 58.9 Å². The number of hydrogen-bond acceptors (Lipinski definition) is 5. The van der Waals surface area contributed by atoms with E-state index in [0.29, 0.717) is 18.8 Å². The highest BCUT2D eigenvalue weighted by Crippen LogP contribution is 2.19. The van der Waals surface area contributed by atoms with Gasteiger partial charge in [-0.3, -0.25) is 4.79 Å². The quantitative estimate of drug-likeness (QED) is 0.539. The number of nitrogens with one attached hydrogen (secondary N) is 2. The Hall–Kier alpha value is -2.53. The van der Waals surface area contributed by atoms with Crippen LogP contribution in [0.15, 0.2) is 71.0 Å². The lowest BCUT2D eigenvalue weighted by molar-refractivity contribution is 0.102. The van der Waals surface area contributed by atoms with Crippen molar-refractivity contribution < 1.29 is 21.6 Å². The van der Waals surface area contributed by atoms with Gasteiger partial charge >= 0.3 is 0 Å². The molecule has 162 valence electrons. The molecule has 1 amide bonds. The van der Waals surface area contributed by atoms with E-state index in [2.05, 4.69) is 16.6 Å². The predicted octanol–water partition coefficient (Wildman–Crippen LogP) is 2.43. The average molecular weight is 452 g/mol. The van der Waals surface area contributed by atoms with Gasteiger partial charge in [-0.1, -0.05) is 19.9 Å². The van der Waals surface area contributed by atoms with Gasteiger partial charge in [0, 0.05) is 30.9 Å². The minimum Gasteiger partial charge on any atom is -0.322 e. The van der Waals surface area contributed by atoms with Crippen molar-refractivity contribution in [3.05, 3.63) is 66.7 Å². The number of rotatable bonds is 10. The van der Waals surface area contributed by atoms with E-state index in [-0.39, 0.29) is 21.9 Å². The second-order valence-corrected chi connectivity index (χ2v) is 9.94. The molecule has 2 aromatic rings. The first kappa shape index (κ1) is 23.7. The summed E-state index contributed by atoms with van der Waals surface area (Å²) in [6.07, 6.45) is 1.43. The summed E-state index contributed by atoms with van der Waals surface area (Å²) in [5.74, 6) is -0.447. The maximum atomic E-state index is 12.5. The van der Waals surface area contributed by atoms with Crippen LogP contribution in [0.1, 0.15) is 24.2 Å². The molecule has 10 heteroatoms. The van der Waals surface area contributed by atoms with Gasteiger partial charge < -0.3 is 5.32 Å². The molecule has 0 saturated carbocycles. The summed E-state index contributed by atoms with van der Waals surface area (Å²) in [4.78, 5) is 12.6. The molecule has 0 atom stereocenters. The van der Waals surface area contributed by atoms with Crippen molar-refractivity contribution in [3.8, 4) is 0 Å². The van der Waals surface area contributed by atoms with Gasteiger partial charge in [-0.2, -0.15) is 4.31 Å². The van der Waals surface area contributed by atoms with Crippen molar-refractivity contribution in [3.63, 3.8) is 0 Å². The SMILES string of the molecule is C=CCNS(=O)(=O)c1ccc(C(=O)Nc2ccc(S(=O)(=O)N(CC)CC)cc2)cc1. The smallest absolute Gasteiger partial charge is 0.255 e. The number of benzene rings is 2. The Balaban J connectivity index is 2.12. The molecule has 30 heavy (non-hydrogen) atoms. The first-order valence-electron chi connectivity index (χ1n) is 9.28. The van der Waals surface area contributed by atoms with Crippen LogP contribution in [-0.2, 0) is 20.0 Å². The summed E-state index contributed by atoms with van der Waals surface area (Å²) >= 11 is 0. The van der Waals surface area contributed by atoms with Crippen LogP contribution in [0.3, 0.4) is 0 Å². The van der Waals surface area contributed by atoms with Crippen molar-refractivity contribution >= 4 is 31.6 Å². The van der Waals surface area contributed by atoms with E-state index in [4.69, 9.17) is 0 Å². The number of hydrogen-bond donors (Lipinski definition) is 2. The van der Waals surface area contributed by atoms with Crippen LogP contribution in [0.4, 0.5) is 5.69 Å². The Kier molecular flexibility index (Phi) is 7.90. The van der Waals surface area contributed by atoms with Gasteiger partial charge in [-0.25, -0.2) is 21.6 Å². The minimum atomic E-state index is -3.67. The van der Waals surface area contributed by atoms with Crippen LogP contribution in [0, 0.1) is 0 Å². The Morgan fingerprint density at radius 3 is 1.97 bits per heavy atom. The number of carbonyl (C=O) groups excluding carboxylic acids is 1. The third-order valence-electron chi connectivity index (χ3n) is 4.30. The summed E-state index contributed by atoms with van der Waals surface area (Å²) in [6.45, 7) is 7.82. The molecule has 0 aliphatic heterocycles. The third-order valence-corrected chi connectivity index (χ3v) is 7.80. The maximum Gasteiger partial charge on any atom is 0.255 e. The van der Waals surface area contributed by atoms with Gasteiger partial charge in [0.05, 0.1) is 9.79 Å². The lowest BCUT2D eigenvalue weighted by Gasteiger charge is -2.18. The van der Waals surface area contributed by atoms with E-state index in [1.54, 1.807) is 13.8 Å². The Bertz CT molecular complexity index is 1090. The predicted molar refractivity (Wildman–Crippen MR) is 116 cm³/mol. The number of amides is 1. The highest BCUT2D eigenvalue weighted by molar-refractivity contribution is 7.89. The Morgan fingerprint density at radius 1 is 0.933 bits per heavy atom. The third kappa shape index (κ3) is 5.54. The molecule has 0 bridgehead atoms. The first-order valence-corrected chi connectivity index (χ1v) is 12.2. The number of anilines is 1. The van der Waals surface area contributed by atoms with Crippen LogP contribution in [0.25, 0.3) is 0 Å². The summed E-state index contributed by atoms with van der Waals surface area (Å²) < 4.78 is 52.8. The lowest BCUT2D eigenvalue weighted by Crippen LogP contribution is -2.30. The van der Waals surface area contributed by atoms with Crippen molar-refractivity contribution in [1.29, 1.82) is 0 Å². The van der Waals surface area contributed by atoms with Crippen molar-refractivity contribution in [2.24, 2.45) is 0 Å². The Labute approximate surface area is 177 Å². The summed E-state index contributed by atoms with van der Waals surface area (Å²) in [6, 6.07) is 11.3. The summed E-state index contributed by atoms with van der Waals surface area (Å²) in [5, 5.41) is 2.66. The fraction of sp³-hybridized carbons (Fsp3) is 0.250. The molecule has 0 aliphatic rings. The number of sulfonamides is 2. The van der Waals surface area contributed by atoms with Crippen molar-refractivity contribution in [1.82, 2.24) is 9.03 Å². The molecule has 8 nitrogen and oxygen atoms in total. The van der Waals surface area contributed by atoms with Gasteiger partial charge in [-0.15, -0.1) is 6.58 Å². The molecule has 0 heterocycles. The fourth-order valence-electron chi connectivity index (χ4n) is 2.66. The molecule has 2 N–H and O–H groups in total. The van der Waals surface area contributed by atoms with E-state index in [9.17, 15) is 21.6 Å². The standard InChI is InChI=1S/C20H25N3O5S2/c1-4-15-21-29(25,26)18-11-7-16(8-12-18)20(24)22-17-9-13-19(14-10-17)30(27,28)23(5-2)6-3/h4,7-14,21H,1,5-6,15H2,2-3H3,(H,22,24). The van der Waals surface area contributed by atoms with E-state index in [0.717, 1.165) is 0 Å². The van der Waals surface area contributed by atoms with Crippen molar-refractivity contribution in [2.45, 2.75) is 23.6 Å². The highest BCUT2D eigenvalue weighted by atomic mass is 32.2. The molecule has 0 radical (unpaired) electrons. The fourth-order valence-corrected chi connectivity index (χ4v) is 5.12. The van der Waals surface area contributed by atoms with Gasteiger partial charge in [0.2, 0.25) is 20.0 Å². The second kappa shape index (κ2) is 9.98. The Morgan fingerprint density at radius 2 is 1.47 bits per heavy atom. The molecule has 0 saturated heterocycles. The first-order chi connectivity index (χ1) is 14.2. The summed E-state index contributed by atoms with van der Waals surface area (Å²) in [5.41, 5.74) is 0.681. The zero-order valence-corrected chi connectivity index (χ0v) is 18.5. The molecular weight excluding hydrogens is 426 g/mol. The molecule has 0 unspecified atom stereocenters. The average Bonchev–Trinajstić information content (AvgIpc) is 2.73. The van der Waals surface area contributed by atoms with Crippen LogP contribution < -0.4 is 10.0 Å². The van der Waals surface area contributed by atoms with E-state index < -0.39 is 26.0 Å². The van der Waals surface area contributed by atoms with Crippen molar-refractivity contribution in [2.75, 3.05) is 25.0 Å². The number of carbonyl (C=O) groups is 1. The molecule has 2 rings (SSSR count). The van der Waals surface area contributed by atoms with E-state index in [1.807, 2.05) is 0 Å². The molecule has 2 aromatic carbocycles. The van der Waals surface area contributed by atoms with E-state index >= 15 is 0 Å². The van der Waals surface area contributed by atoms with Gasteiger partial charge in [0.25, 0.3) is 5.91 Å². The molecule has 0 aliphatic carbocycles. The van der Waals surface area contributed by atoms with Crippen LogP contribution in [-0.4, -0.2) is 46.7 Å². The molecule has 0 spiro atoms. The molecule has 0 fully saturated rings.